The van der Waals surface area contributed by atoms with E-state index in [0.29, 0.717) is 32.4 Å². The SMILES string of the molecule is COc1cc(CCC(=O)N2CCC(O)(c3nn[nH]n3)CC2)ccc1OCC(F)(F)F. The van der Waals surface area contributed by atoms with Gasteiger partial charge in [-0.15, -0.1) is 10.2 Å². The summed E-state index contributed by atoms with van der Waals surface area (Å²) in [6.45, 7) is -0.693. The van der Waals surface area contributed by atoms with Crippen LogP contribution in [0.1, 0.15) is 30.7 Å². The predicted octanol–water partition coefficient (Wildman–Crippen LogP) is 1.59. The Balaban J connectivity index is 1.52. The number of alkyl halides is 3. The number of nitrogens with zero attached hydrogens (tertiary/aromatic N) is 4. The summed E-state index contributed by atoms with van der Waals surface area (Å²) in [7, 11) is 1.34. The third-order valence-electron chi connectivity index (χ3n) is 4.95. The molecule has 0 bridgehead atoms. The Labute approximate surface area is 170 Å². The number of ether oxygens (including phenoxy) is 2. The minimum atomic E-state index is -4.44. The van der Waals surface area contributed by atoms with Crippen LogP contribution in [0.2, 0.25) is 0 Å². The molecule has 3 rings (SSSR count). The van der Waals surface area contributed by atoms with Gasteiger partial charge in [-0.2, -0.15) is 18.4 Å². The van der Waals surface area contributed by atoms with E-state index in [9.17, 15) is 23.1 Å². The van der Waals surface area contributed by atoms with Crippen LogP contribution < -0.4 is 9.47 Å². The average molecular weight is 429 g/mol. The monoisotopic (exact) mass is 429 g/mol. The summed E-state index contributed by atoms with van der Waals surface area (Å²) in [5.41, 5.74) is -0.469. The number of methoxy groups -OCH3 is 1. The zero-order valence-corrected chi connectivity index (χ0v) is 16.3. The van der Waals surface area contributed by atoms with E-state index >= 15 is 0 Å². The van der Waals surface area contributed by atoms with Crippen molar-refractivity contribution >= 4 is 5.91 Å². The molecule has 0 spiro atoms. The Kier molecular flexibility index (Phi) is 6.44. The van der Waals surface area contributed by atoms with E-state index in [0.717, 1.165) is 5.56 Å². The maximum absolute atomic E-state index is 12.5. The van der Waals surface area contributed by atoms with Gasteiger partial charge in [-0.1, -0.05) is 11.3 Å². The van der Waals surface area contributed by atoms with Crippen molar-refractivity contribution < 1.29 is 32.5 Å². The van der Waals surface area contributed by atoms with E-state index in [4.69, 9.17) is 9.47 Å². The van der Waals surface area contributed by atoms with Gasteiger partial charge in [0.25, 0.3) is 0 Å². The number of tetrazole rings is 1. The second-order valence-electron chi connectivity index (χ2n) is 7.04. The third kappa shape index (κ3) is 5.38. The lowest BCUT2D eigenvalue weighted by Gasteiger charge is -2.36. The highest BCUT2D eigenvalue weighted by Gasteiger charge is 2.38. The Hall–Kier alpha value is -2.89. The number of aliphatic hydroxyl groups is 1. The lowest BCUT2D eigenvalue weighted by atomic mass is 9.90. The van der Waals surface area contributed by atoms with Crippen molar-refractivity contribution in [1.29, 1.82) is 0 Å². The maximum atomic E-state index is 12.5. The summed E-state index contributed by atoms with van der Waals surface area (Å²) in [6.07, 6.45) is -3.23. The van der Waals surface area contributed by atoms with Crippen LogP contribution in [0.25, 0.3) is 0 Å². The van der Waals surface area contributed by atoms with Crippen LogP contribution in [0.4, 0.5) is 13.2 Å². The van der Waals surface area contributed by atoms with Gasteiger partial charge < -0.3 is 19.5 Å². The van der Waals surface area contributed by atoms with Crippen molar-refractivity contribution in [1.82, 2.24) is 25.5 Å². The molecule has 1 aromatic carbocycles. The number of hydrogen-bond donors (Lipinski definition) is 2. The third-order valence-corrected chi connectivity index (χ3v) is 4.95. The number of aromatic amines is 1. The molecular weight excluding hydrogens is 407 g/mol. The quantitative estimate of drug-likeness (QED) is 0.687. The molecule has 2 N–H and O–H groups in total. The van der Waals surface area contributed by atoms with Gasteiger partial charge in [-0.3, -0.25) is 4.79 Å². The zero-order valence-electron chi connectivity index (χ0n) is 16.3. The number of benzene rings is 1. The fourth-order valence-electron chi connectivity index (χ4n) is 3.26. The van der Waals surface area contributed by atoms with Crippen LogP contribution in [-0.2, 0) is 16.8 Å². The zero-order chi connectivity index (χ0) is 21.8. The molecule has 1 aliphatic rings. The molecule has 1 aliphatic heterocycles. The number of rotatable bonds is 7. The highest BCUT2D eigenvalue weighted by molar-refractivity contribution is 5.76. The molecule has 2 aromatic rings. The summed E-state index contributed by atoms with van der Waals surface area (Å²) >= 11 is 0. The fraction of sp³-hybridized carbons (Fsp3) is 0.556. The molecule has 0 atom stereocenters. The first kappa shape index (κ1) is 21.8. The molecule has 9 nitrogen and oxygen atoms in total. The first-order valence-corrected chi connectivity index (χ1v) is 9.31. The number of piperidine rings is 1. The minimum absolute atomic E-state index is 0.0123. The molecule has 0 aliphatic carbocycles. The molecular formula is C18H22F3N5O4. The summed E-state index contributed by atoms with van der Waals surface area (Å²) in [6, 6.07) is 4.56. The van der Waals surface area contributed by atoms with Crippen LogP contribution in [0.15, 0.2) is 18.2 Å². The van der Waals surface area contributed by atoms with Crippen molar-refractivity contribution in [3.05, 3.63) is 29.6 Å². The Morgan fingerprint density at radius 2 is 2.03 bits per heavy atom. The first-order chi connectivity index (χ1) is 14.2. The summed E-state index contributed by atoms with van der Waals surface area (Å²) in [5.74, 6) is 0.296. The van der Waals surface area contributed by atoms with Crippen LogP contribution in [0, 0.1) is 0 Å². The smallest absolute Gasteiger partial charge is 0.422 e. The lowest BCUT2D eigenvalue weighted by Crippen LogP contribution is -2.45. The lowest BCUT2D eigenvalue weighted by molar-refractivity contribution is -0.153. The highest BCUT2D eigenvalue weighted by Crippen LogP contribution is 2.32. The second kappa shape index (κ2) is 8.86. The number of carbonyl (C=O) groups excluding carboxylic acids is 1. The molecule has 1 aromatic heterocycles. The number of hydrogen-bond acceptors (Lipinski definition) is 7. The van der Waals surface area contributed by atoms with Crippen LogP contribution in [-0.4, -0.2) is 69.5 Å². The fourth-order valence-corrected chi connectivity index (χ4v) is 3.26. The van der Waals surface area contributed by atoms with Crippen molar-refractivity contribution in [3.8, 4) is 11.5 Å². The summed E-state index contributed by atoms with van der Waals surface area (Å²) in [5, 5.41) is 24.0. The van der Waals surface area contributed by atoms with Crippen LogP contribution >= 0.6 is 0 Å². The number of halogens is 3. The second-order valence-corrected chi connectivity index (χ2v) is 7.04. The van der Waals surface area contributed by atoms with Crippen LogP contribution in [0.3, 0.4) is 0 Å². The summed E-state index contributed by atoms with van der Waals surface area (Å²) in [4.78, 5) is 14.2. The molecule has 0 unspecified atom stereocenters. The topological polar surface area (TPSA) is 113 Å². The van der Waals surface area contributed by atoms with Gasteiger partial charge in [0, 0.05) is 32.4 Å². The van der Waals surface area contributed by atoms with Crippen molar-refractivity contribution in [2.24, 2.45) is 0 Å². The van der Waals surface area contributed by atoms with Crippen molar-refractivity contribution in [3.63, 3.8) is 0 Å². The standard InChI is InChI=1S/C18H22F3N5O4/c1-29-14-10-12(2-4-13(14)30-11-18(19,20)21)3-5-15(27)26-8-6-17(28,7-9-26)16-22-24-25-23-16/h2,4,10,28H,3,5-9,11H2,1H3,(H,22,23,24,25). The molecule has 30 heavy (non-hydrogen) atoms. The van der Waals surface area contributed by atoms with E-state index in [1.54, 1.807) is 17.0 Å². The van der Waals surface area contributed by atoms with Gasteiger partial charge in [0.05, 0.1) is 7.11 Å². The van der Waals surface area contributed by atoms with E-state index in [2.05, 4.69) is 20.6 Å². The molecule has 0 radical (unpaired) electrons. The number of amides is 1. The van der Waals surface area contributed by atoms with E-state index in [1.807, 2.05) is 0 Å². The molecule has 2 heterocycles. The Morgan fingerprint density at radius 3 is 2.63 bits per heavy atom. The number of H-pyrrole nitrogens is 1. The number of nitrogens with one attached hydrogen (secondary N) is 1. The van der Waals surface area contributed by atoms with Gasteiger partial charge in [0.15, 0.2) is 18.1 Å². The molecule has 1 saturated heterocycles. The number of likely N-dealkylation sites (tertiary alicyclic amines) is 1. The molecule has 0 saturated carbocycles. The van der Waals surface area contributed by atoms with Crippen molar-refractivity contribution in [2.45, 2.75) is 37.5 Å². The first-order valence-electron chi connectivity index (χ1n) is 9.31. The molecule has 1 fully saturated rings. The van der Waals surface area contributed by atoms with E-state index in [-0.39, 0.29) is 29.7 Å². The number of carbonyl (C=O) groups is 1. The van der Waals surface area contributed by atoms with Gasteiger partial charge in [0.1, 0.15) is 5.60 Å². The molecule has 12 heteroatoms. The average Bonchev–Trinajstić information content (AvgIpc) is 3.26. The Morgan fingerprint density at radius 1 is 1.30 bits per heavy atom. The van der Waals surface area contributed by atoms with Gasteiger partial charge in [0.2, 0.25) is 11.7 Å². The van der Waals surface area contributed by atoms with E-state index in [1.165, 1.54) is 13.2 Å². The maximum Gasteiger partial charge on any atom is 0.422 e. The van der Waals surface area contributed by atoms with Crippen LogP contribution in [0.5, 0.6) is 11.5 Å². The number of aryl methyl sites for hydroxylation is 1. The minimum Gasteiger partial charge on any atom is -0.493 e. The summed E-state index contributed by atoms with van der Waals surface area (Å²) < 4.78 is 46.9. The van der Waals surface area contributed by atoms with E-state index < -0.39 is 18.4 Å². The van der Waals surface area contributed by atoms with Crippen molar-refractivity contribution in [2.75, 3.05) is 26.8 Å². The largest absolute Gasteiger partial charge is 0.493 e. The molecule has 1 amide bonds. The van der Waals surface area contributed by atoms with Gasteiger partial charge in [-0.05, 0) is 24.1 Å². The van der Waals surface area contributed by atoms with Gasteiger partial charge >= 0.3 is 6.18 Å². The highest BCUT2D eigenvalue weighted by atomic mass is 19.4. The van der Waals surface area contributed by atoms with Gasteiger partial charge in [-0.25, -0.2) is 0 Å². The normalized spacial score (nSPS) is 16.4. The Bertz CT molecular complexity index is 852. The molecule has 164 valence electrons. The number of aromatic nitrogens is 4. The predicted molar refractivity (Wildman–Crippen MR) is 96.8 cm³/mol.